The second kappa shape index (κ2) is 7.16. The number of carbonyl (C=O) groups is 1. The number of para-hydroxylation sites is 2. The lowest BCUT2D eigenvalue weighted by atomic mass is 10.0. The Morgan fingerprint density at radius 3 is 2.50 bits per heavy atom. The van der Waals surface area contributed by atoms with Gasteiger partial charge >= 0.3 is 0 Å². The molecule has 0 aliphatic carbocycles. The van der Waals surface area contributed by atoms with E-state index >= 15 is 0 Å². The van der Waals surface area contributed by atoms with Gasteiger partial charge in [-0.1, -0.05) is 36.4 Å². The summed E-state index contributed by atoms with van der Waals surface area (Å²) in [5.41, 5.74) is 2.49. The Morgan fingerprint density at radius 1 is 1.04 bits per heavy atom. The molecule has 26 heavy (non-hydrogen) atoms. The molecule has 0 bridgehead atoms. The highest BCUT2D eigenvalue weighted by Gasteiger charge is 2.26. The summed E-state index contributed by atoms with van der Waals surface area (Å²) in [6.07, 6.45) is 1.86. The van der Waals surface area contributed by atoms with Gasteiger partial charge in [0.2, 0.25) is 0 Å². The number of ether oxygens (including phenoxy) is 1. The van der Waals surface area contributed by atoms with E-state index in [2.05, 4.69) is 4.98 Å². The first-order valence-corrected chi connectivity index (χ1v) is 9.08. The summed E-state index contributed by atoms with van der Waals surface area (Å²) in [4.78, 5) is 19.6. The number of hydrogen-bond acceptors (Lipinski definition) is 3. The minimum absolute atomic E-state index is 0.0878. The van der Waals surface area contributed by atoms with Gasteiger partial charge in [-0.25, -0.2) is 0 Å². The maximum atomic E-state index is 13.1. The summed E-state index contributed by atoms with van der Waals surface area (Å²) < 4.78 is 6.03. The SMILES string of the molecule is Cc1cc(C(=O)N2CCC(Oc3ccccc3)CC2)c2ccccc2n1. The number of pyridine rings is 1. The van der Waals surface area contributed by atoms with Crippen molar-refractivity contribution in [1.29, 1.82) is 0 Å². The van der Waals surface area contributed by atoms with Crippen molar-refractivity contribution in [3.05, 3.63) is 71.9 Å². The van der Waals surface area contributed by atoms with Crippen LogP contribution in [0.5, 0.6) is 5.75 Å². The minimum atomic E-state index is 0.0878. The molecule has 3 aromatic rings. The average Bonchev–Trinajstić information content (AvgIpc) is 2.68. The molecule has 1 aliphatic rings. The Labute approximate surface area is 153 Å². The van der Waals surface area contributed by atoms with Crippen molar-refractivity contribution >= 4 is 16.8 Å². The van der Waals surface area contributed by atoms with Crippen LogP contribution in [0.25, 0.3) is 10.9 Å². The number of carbonyl (C=O) groups excluding carboxylic acids is 1. The molecule has 4 rings (SSSR count). The van der Waals surface area contributed by atoms with Gasteiger partial charge in [-0.05, 0) is 31.2 Å². The fraction of sp³-hybridized carbons (Fsp3) is 0.273. The highest BCUT2D eigenvalue weighted by molar-refractivity contribution is 6.06. The average molecular weight is 346 g/mol. The first kappa shape index (κ1) is 16.6. The maximum absolute atomic E-state index is 13.1. The predicted molar refractivity (Wildman–Crippen MR) is 102 cm³/mol. The van der Waals surface area contributed by atoms with E-state index in [1.807, 2.05) is 72.5 Å². The van der Waals surface area contributed by atoms with Crippen molar-refractivity contribution in [2.45, 2.75) is 25.9 Å². The van der Waals surface area contributed by atoms with Crippen LogP contribution in [-0.2, 0) is 0 Å². The van der Waals surface area contributed by atoms with Gasteiger partial charge in [0.15, 0.2) is 0 Å². The zero-order valence-corrected chi connectivity index (χ0v) is 14.9. The van der Waals surface area contributed by atoms with Gasteiger partial charge in [0.05, 0.1) is 11.1 Å². The number of aromatic nitrogens is 1. The number of hydrogen-bond donors (Lipinski definition) is 0. The first-order valence-electron chi connectivity index (χ1n) is 9.08. The number of benzene rings is 2. The first-order chi connectivity index (χ1) is 12.7. The van der Waals surface area contributed by atoms with Crippen LogP contribution in [0.1, 0.15) is 28.9 Å². The lowest BCUT2D eigenvalue weighted by Crippen LogP contribution is -2.41. The third-order valence-corrected chi connectivity index (χ3v) is 4.85. The number of aryl methyl sites for hydroxylation is 1. The van der Waals surface area contributed by atoms with Crippen LogP contribution >= 0.6 is 0 Å². The molecule has 2 heterocycles. The van der Waals surface area contributed by atoms with Crippen LogP contribution < -0.4 is 4.74 Å². The highest BCUT2D eigenvalue weighted by Crippen LogP contribution is 2.23. The molecule has 0 spiro atoms. The van der Waals surface area contributed by atoms with Gasteiger partial charge in [-0.3, -0.25) is 9.78 Å². The van der Waals surface area contributed by atoms with Crippen molar-refractivity contribution in [3.8, 4) is 5.75 Å². The molecule has 4 nitrogen and oxygen atoms in total. The zero-order valence-electron chi connectivity index (χ0n) is 14.9. The Bertz CT molecular complexity index is 916. The van der Waals surface area contributed by atoms with Gasteiger partial charge in [0, 0.05) is 37.0 Å². The van der Waals surface area contributed by atoms with E-state index in [1.165, 1.54) is 0 Å². The van der Waals surface area contributed by atoms with Gasteiger partial charge in [0.25, 0.3) is 5.91 Å². The molecule has 1 aliphatic heterocycles. The number of rotatable bonds is 3. The number of amides is 1. The fourth-order valence-electron chi connectivity index (χ4n) is 3.52. The number of likely N-dealkylation sites (tertiary alicyclic amines) is 1. The van der Waals surface area contributed by atoms with Crippen molar-refractivity contribution < 1.29 is 9.53 Å². The van der Waals surface area contributed by atoms with E-state index in [0.717, 1.165) is 40.8 Å². The van der Waals surface area contributed by atoms with E-state index in [9.17, 15) is 4.79 Å². The second-order valence-corrected chi connectivity index (χ2v) is 6.75. The highest BCUT2D eigenvalue weighted by atomic mass is 16.5. The van der Waals surface area contributed by atoms with Gasteiger partial charge in [0.1, 0.15) is 11.9 Å². The van der Waals surface area contributed by atoms with Crippen LogP contribution in [0.4, 0.5) is 0 Å². The van der Waals surface area contributed by atoms with Gasteiger partial charge in [-0.15, -0.1) is 0 Å². The molecule has 2 aromatic carbocycles. The van der Waals surface area contributed by atoms with E-state index in [1.54, 1.807) is 0 Å². The van der Waals surface area contributed by atoms with Crippen LogP contribution in [-0.4, -0.2) is 35.0 Å². The molecule has 1 saturated heterocycles. The van der Waals surface area contributed by atoms with E-state index in [-0.39, 0.29) is 12.0 Å². The van der Waals surface area contributed by atoms with Crippen LogP contribution in [0, 0.1) is 6.92 Å². The third kappa shape index (κ3) is 3.40. The predicted octanol–water partition coefficient (Wildman–Crippen LogP) is 4.23. The number of piperidine rings is 1. The lowest BCUT2D eigenvalue weighted by Gasteiger charge is -2.32. The molecule has 132 valence electrons. The zero-order chi connectivity index (χ0) is 17.9. The molecule has 0 radical (unpaired) electrons. The fourth-order valence-corrected chi connectivity index (χ4v) is 3.52. The molecule has 1 aromatic heterocycles. The summed E-state index contributed by atoms with van der Waals surface area (Å²) in [5.74, 6) is 0.984. The summed E-state index contributed by atoms with van der Waals surface area (Å²) >= 11 is 0. The second-order valence-electron chi connectivity index (χ2n) is 6.75. The third-order valence-electron chi connectivity index (χ3n) is 4.85. The molecule has 1 fully saturated rings. The van der Waals surface area contributed by atoms with Crippen LogP contribution in [0.3, 0.4) is 0 Å². The molecule has 1 amide bonds. The standard InChI is InChI=1S/C22H22N2O2/c1-16-15-20(19-9-5-6-10-21(19)23-16)22(25)24-13-11-18(12-14-24)26-17-7-3-2-4-8-17/h2-10,15,18H,11-14H2,1H3. The molecular formula is C22H22N2O2. The Balaban J connectivity index is 1.47. The van der Waals surface area contributed by atoms with E-state index < -0.39 is 0 Å². The topological polar surface area (TPSA) is 42.4 Å². The Hall–Kier alpha value is -2.88. The minimum Gasteiger partial charge on any atom is -0.490 e. The van der Waals surface area contributed by atoms with Gasteiger partial charge < -0.3 is 9.64 Å². The van der Waals surface area contributed by atoms with Gasteiger partial charge in [-0.2, -0.15) is 0 Å². The van der Waals surface area contributed by atoms with Crippen molar-refractivity contribution in [3.63, 3.8) is 0 Å². The maximum Gasteiger partial charge on any atom is 0.254 e. The number of fused-ring (bicyclic) bond motifs is 1. The molecule has 4 heteroatoms. The Morgan fingerprint density at radius 2 is 1.73 bits per heavy atom. The van der Waals surface area contributed by atoms with Crippen molar-refractivity contribution in [2.75, 3.05) is 13.1 Å². The van der Waals surface area contributed by atoms with Crippen LogP contribution in [0.15, 0.2) is 60.7 Å². The smallest absolute Gasteiger partial charge is 0.254 e. The number of nitrogens with zero attached hydrogens (tertiary/aromatic N) is 2. The van der Waals surface area contributed by atoms with Crippen molar-refractivity contribution in [2.24, 2.45) is 0 Å². The molecular weight excluding hydrogens is 324 g/mol. The van der Waals surface area contributed by atoms with Crippen molar-refractivity contribution in [1.82, 2.24) is 9.88 Å². The largest absolute Gasteiger partial charge is 0.490 e. The summed E-state index contributed by atoms with van der Waals surface area (Å²) in [6, 6.07) is 19.6. The summed E-state index contributed by atoms with van der Waals surface area (Å²) in [5, 5.41) is 0.922. The molecule has 0 N–H and O–H groups in total. The quantitative estimate of drug-likeness (QED) is 0.713. The van der Waals surface area contributed by atoms with E-state index in [0.29, 0.717) is 13.1 Å². The summed E-state index contributed by atoms with van der Waals surface area (Å²) in [6.45, 7) is 3.36. The normalized spacial score (nSPS) is 15.2. The lowest BCUT2D eigenvalue weighted by molar-refractivity contribution is 0.0597. The molecule has 0 atom stereocenters. The summed E-state index contributed by atoms with van der Waals surface area (Å²) in [7, 11) is 0. The monoisotopic (exact) mass is 346 g/mol. The van der Waals surface area contributed by atoms with Crippen LogP contribution in [0.2, 0.25) is 0 Å². The molecule has 0 unspecified atom stereocenters. The molecule has 0 saturated carbocycles. The Kier molecular flexibility index (Phi) is 4.57. The van der Waals surface area contributed by atoms with E-state index in [4.69, 9.17) is 4.74 Å².